The van der Waals surface area contributed by atoms with Crippen LogP contribution in [-0.2, 0) is 27.2 Å². The van der Waals surface area contributed by atoms with E-state index in [0.717, 1.165) is 17.2 Å². The molecule has 2 aromatic rings. The van der Waals surface area contributed by atoms with Crippen molar-refractivity contribution < 1.29 is 23.2 Å². The van der Waals surface area contributed by atoms with Crippen LogP contribution in [0.2, 0.25) is 0 Å². The van der Waals surface area contributed by atoms with Gasteiger partial charge in [0.15, 0.2) is 0 Å². The van der Waals surface area contributed by atoms with Gasteiger partial charge in [-0.25, -0.2) is 8.78 Å². The van der Waals surface area contributed by atoms with Gasteiger partial charge in [-0.15, -0.1) is 0 Å². The molecule has 0 aromatic heterocycles. The highest BCUT2D eigenvalue weighted by Gasteiger charge is 2.52. The number of fused-ring (bicyclic) bond motifs is 1. The Labute approximate surface area is 217 Å². The first kappa shape index (κ1) is 26.8. The van der Waals surface area contributed by atoms with Crippen LogP contribution in [-0.4, -0.2) is 52.7 Å². The Hall–Kier alpha value is -3.29. The van der Waals surface area contributed by atoms with Crippen LogP contribution in [0.15, 0.2) is 42.5 Å². The lowest BCUT2D eigenvalue weighted by Crippen LogP contribution is -2.67. The van der Waals surface area contributed by atoms with Crippen LogP contribution < -0.4 is 5.32 Å². The maximum atomic E-state index is 15.2. The van der Waals surface area contributed by atoms with Gasteiger partial charge in [-0.05, 0) is 62.1 Å². The van der Waals surface area contributed by atoms with Gasteiger partial charge < -0.3 is 15.1 Å². The van der Waals surface area contributed by atoms with Gasteiger partial charge in [0.1, 0.15) is 29.8 Å². The van der Waals surface area contributed by atoms with Crippen molar-refractivity contribution in [1.29, 1.82) is 0 Å². The number of nitrogens with one attached hydrogen (secondary N) is 1. The minimum Gasteiger partial charge on any atom is -0.352 e. The summed E-state index contributed by atoms with van der Waals surface area (Å²) in [7, 11) is 1.64. The number of halogens is 2. The molecule has 2 aromatic carbocycles. The van der Waals surface area contributed by atoms with Crippen LogP contribution in [0.25, 0.3) is 0 Å². The first-order chi connectivity index (χ1) is 17.5. The third-order valence-electron chi connectivity index (χ3n) is 7.33. The monoisotopic (exact) mass is 511 g/mol. The highest BCUT2D eigenvalue weighted by Crippen LogP contribution is 2.38. The van der Waals surface area contributed by atoms with E-state index in [9.17, 15) is 18.8 Å². The lowest BCUT2D eigenvalue weighted by atomic mass is 9.86. The molecule has 3 atom stereocenters. The molecule has 0 bridgehead atoms. The summed E-state index contributed by atoms with van der Waals surface area (Å²) in [4.78, 5) is 44.5. The molecular weight excluding hydrogens is 476 g/mol. The van der Waals surface area contributed by atoms with Crippen molar-refractivity contribution in [2.75, 3.05) is 7.05 Å². The number of carbonyl (C=O) groups excluding carboxylic acids is 3. The number of hydrogen-bond donors (Lipinski definition) is 1. The molecule has 1 saturated heterocycles. The Bertz CT molecular complexity index is 1170. The summed E-state index contributed by atoms with van der Waals surface area (Å²) in [6.07, 6.45) is 1.56. The molecule has 6 nitrogen and oxygen atoms in total. The molecule has 2 aliphatic rings. The molecule has 0 spiro atoms. The molecule has 3 amide bonds. The van der Waals surface area contributed by atoms with Gasteiger partial charge in [0.05, 0.1) is 0 Å². The molecular formula is C29H35F2N3O3. The van der Waals surface area contributed by atoms with E-state index in [1.54, 1.807) is 20.9 Å². The van der Waals surface area contributed by atoms with Crippen molar-refractivity contribution in [3.05, 3.63) is 70.8 Å². The largest absolute Gasteiger partial charge is 0.352 e. The van der Waals surface area contributed by atoms with E-state index in [2.05, 4.69) is 5.32 Å². The van der Waals surface area contributed by atoms with E-state index in [-0.39, 0.29) is 29.3 Å². The number of hydrogen-bond acceptors (Lipinski definition) is 3. The van der Waals surface area contributed by atoms with Gasteiger partial charge >= 0.3 is 0 Å². The summed E-state index contributed by atoms with van der Waals surface area (Å²) in [6, 6.07) is 7.45. The van der Waals surface area contributed by atoms with E-state index >= 15 is 4.39 Å². The van der Waals surface area contributed by atoms with E-state index in [4.69, 9.17) is 0 Å². The summed E-state index contributed by atoms with van der Waals surface area (Å²) in [6.45, 7) is 7.38. The predicted octanol–water partition coefficient (Wildman–Crippen LogP) is 4.03. The average molecular weight is 512 g/mol. The Morgan fingerprint density at radius 2 is 1.62 bits per heavy atom. The Morgan fingerprint density at radius 1 is 1.00 bits per heavy atom. The van der Waals surface area contributed by atoms with Crippen LogP contribution in [0.4, 0.5) is 8.78 Å². The minimum absolute atomic E-state index is 0.0248. The molecule has 0 radical (unpaired) electrons. The molecule has 198 valence electrons. The third kappa shape index (κ3) is 5.24. The molecule has 1 heterocycles. The molecule has 1 N–H and O–H groups in total. The molecule has 0 saturated carbocycles. The highest BCUT2D eigenvalue weighted by molar-refractivity contribution is 6.00. The topological polar surface area (TPSA) is 69.7 Å². The first-order valence-electron chi connectivity index (χ1n) is 12.9. The lowest BCUT2D eigenvalue weighted by molar-refractivity contribution is -0.168. The molecule has 1 fully saturated rings. The zero-order chi connectivity index (χ0) is 27.0. The summed E-state index contributed by atoms with van der Waals surface area (Å²) < 4.78 is 29.0. The Morgan fingerprint density at radius 3 is 2.16 bits per heavy atom. The standard InChI is InChI=1S/C29H35F2N3O3/c1-16(2)12-24-28(36)33(5)25(20-13-18-8-6-7-9-19(18)14-20)29(37)34(24)26(27(35)32-17(3)4)22-11-10-21(30)15-23(22)31/h6-11,15-17,20,24-26H,12-14H2,1-5H3,(H,32,35). The van der Waals surface area contributed by atoms with Gasteiger partial charge in [-0.1, -0.05) is 44.2 Å². The van der Waals surface area contributed by atoms with E-state index in [1.807, 2.05) is 38.1 Å². The molecule has 3 unspecified atom stereocenters. The van der Waals surface area contributed by atoms with Crippen molar-refractivity contribution in [2.24, 2.45) is 11.8 Å². The third-order valence-corrected chi connectivity index (χ3v) is 7.33. The summed E-state index contributed by atoms with van der Waals surface area (Å²) in [5, 5.41) is 2.78. The fourth-order valence-corrected chi connectivity index (χ4v) is 5.77. The number of likely N-dealkylation sites (N-methyl/N-ethyl adjacent to an activating group) is 1. The van der Waals surface area contributed by atoms with Gasteiger partial charge in [0.25, 0.3) is 0 Å². The van der Waals surface area contributed by atoms with Crippen molar-refractivity contribution >= 4 is 17.7 Å². The number of carbonyl (C=O) groups is 3. The van der Waals surface area contributed by atoms with Crippen LogP contribution in [0.3, 0.4) is 0 Å². The van der Waals surface area contributed by atoms with Crippen molar-refractivity contribution in [3.8, 4) is 0 Å². The van der Waals surface area contributed by atoms with Crippen LogP contribution in [0, 0.1) is 23.5 Å². The van der Waals surface area contributed by atoms with Crippen molar-refractivity contribution in [2.45, 2.75) is 71.1 Å². The fourth-order valence-electron chi connectivity index (χ4n) is 5.77. The molecule has 8 heteroatoms. The van der Waals surface area contributed by atoms with Crippen LogP contribution in [0.5, 0.6) is 0 Å². The quantitative estimate of drug-likeness (QED) is 0.610. The lowest BCUT2D eigenvalue weighted by Gasteiger charge is -2.48. The van der Waals surface area contributed by atoms with Gasteiger partial charge in [-0.3, -0.25) is 14.4 Å². The first-order valence-corrected chi connectivity index (χ1v) is 12.9. The van der Waals surface area contributed by atoms with Crippen LogP contribution >= 0.6 is 0 Å². The zero-order valence-corrected chi connectivity index (χ0v) is 22.0. The number of benzene rings is 2. The summed E-state index contributed by atoms with van der Waals surface area (Å²) >= 11 is 0. The second-order valence-electron chi connectivity index (χ2n) is 11.0. The molecule has 1 aliphatic carbocycles. The number of rotatable bonds is 7. The maximum Gasteiger partial charge on any atom is 0.247 e. The van der Waals surface area contributed by atoms with Gasteiger partial charge in [-0.2, -0.15) is 0 Å². The predicted molar refractivity (Wildman–Crippen MR) is 136 cm³/mol. The van der Waals surface area contributed by atoms with Gasteiger partial charge in [0, 0.05) is 24.7 Å². The fraction of sp³-hybridized carbons (Fsp3) is 0.483. The van der Waals surface area contributed by atoms with Crippen molar-refractivity contribution in [1.82, 2.24) is 15.1 Å². The summed E-state index contributed by atoms with van der Waals surface area (Å²) in [5.41, 5.74) is 2.14. The minimum atomic E-state index is -1.41. The van der Waals surface area contributed by atoms with Crippen molar-refractivity contribution in [3.63, 3.8) is 0 Å². The second kappa shape index (κ2) is 10.6. The Kier molecular flexibility index (Phi) is 7.67. The number of nitrogens with zero attached hydrogens (tertiary/aromatic N) is 2. The van der Waals surface area contributed by atoms with E-state index < -0.39 is 41.6 Å². The average Bonchev–Trinajstić information content (AvgIpc) is 3.23. The number of amides is 3. The van der Waals surface area contributed by atoms with E-state index in [1.165, 1.54) is 15.9 Å². The SMILES string of the molecule is CC(C)CC1C(=O)N(C)C(C2Cc3ccccc3C2)C(=O)N1C(C(=O)NC(C)C)c1ccc(F)cc1F. The smallest absolute Gasteiger partial charge is 0.247 e. The molecule has 37 heavy (non-hydrogen) atoms. The summed E-state index contributed by atoms with van der Waals surface area (Å²) in [5.74, 6) is -3.14. The Balaban J connectivity index is 1.82. The number of piperazine rings is 1. The normalized spacial score (nSPS) is 21.1. The second-order valence-corrected chi connectivity index (χ2v) is 11.0. The van der Waals surface area contributed by atoms with Crippen LogP contribution in [0.1, 0.15) is 56.8 Å². The molecule has 4 rings (SSSR count). The zero-order valence-electron chi connectivity index (χ0n) is 22.0. The highest BCUT2D eigenvalue weighted by atomic mass is 19.1. The maximum absolute atomic E-state index is 15.2. The molecule has 1 aliphatic heterocycles. The van der Waals surface area contributed by atoms with Gasteiger partial charge in [0.2, 0.25) is 17.7 Å². The van der Waals surface area contributed by atoms with E-state index in [0.29, 0.717) is 25.3 Å².